The van der Waals surface area contributed by atoms with E-state index in [2.05, 4.69) is 10.0 Å². The van der Waals surface area contributed by atoms with Gasteiger partial charge in [-0.25, -0.2) is 8.42 Å². The number of carboxylic acid groups (broad SMARTS) is 1. The Morgan fingerprint density at radius 1 is 1.29 bits per heavy atom. The van der Waals surface area contributed by atoms with Crippen LogP contribution in [0.5, 0.6) is 0 Å². The highest BCUT2D eigenvalue weighted by Crippen LogP contribution is 2.15. The largest absolute Gasteiger partial charge is 0.481 e. The molecule has 3 N–H and O–H groups in total. The van der Waals surface area contributed by atoms with Gasteiger partial charge in [-0.1, -0.05) is 6.07 Å². The van der Waals surface area contributed by atoms with Gasteiger partial charge in [0.2, 0.25) is 5.91 Å². The summed E-state index contributed by atoms with van der Waals surface area (Å²) in [7, 11) is -3.74. The summed E-state index contributed by atoms with van der Waals surface area (Å²) >= 11 is 1.05. The quantitative estimate of drug-likeness (QED) is 0.677. The van der Waals surface area contributed by atoms with Crippen LogP contribution in [-0.4, -0.2) is 37.5 Å². The van der Waals surface area contributed by atoms with Gasteiger partial charge < -0.3 is 10.4 Å². The number of hydrogen-bond donors (Lipinski definition) is 3. The molecule has 1 heterocycles. The summed E-state index contributed by atoms with van der Waals surface area (Å²) in [6.45, 7) is 4.42. The van der Waals surface area contributed by atoms with Crippen LogP contribution in [0, 0.1) is 5.92 Å². The Bertz CT molecular complexity index is 597. The third kappa shape index (κ3) is 4.80. The van der Waals surface area contributed by atoms with Crippen molar-refractivity contribution in [2.75, 3.05) is 0 Å². The molecule has 0 fully saturated rings. The minimum atomic E-state index is -3.74. The van der Waals surface area contributed by atoms with E-state index in [0.29, 0.717) is 0 Å². The second kappa shape index (κ2) is 7.01. The molecule has 0 saturated heterocycles. The van der Waals surface area contributed by atoms with Crippen molar-refractivity contribution in [1.29, 1.82) is 0 Å². The Morgan fingerprint density at radius 3 is 2.38 bits per heavy atom. The van der Waals surface area contributed by atoms with E-state index in [1.807, 2.05) is 0 Å². The molecule has 3 atom stereocenters. The van der Waals surface area contributed by atoms with Gasteiger partial charge in [0, 0.05) is 6.04 Å². The van der Waals surface area contributed by atoms with Crippen molar-refractivity contribution in [2.24, 2.45) is 5.92 Å². The molecule has 0 bridgehead atoms. The van der Waals surface area contributed by atoms with Crippen LogP contribution in [0.2, 0.25) is 0 Å². The maximum absolute atomic E-state index is 12.0. The van der Waals surface area contributed by atoms with Crippen molar-refractivity contribution in [3.8, 4) is 0 Å². The van der Waals surface area contributed by atoms with Crippen LogP contribution in [0.25, 0.3) is 0 Å². The van der Waals surface area contributed by atoms with Gasteiger partial charge in [-0.05, 0) is 32.2 Å². The molecule has 1 amide bonds. The van der Waals surface area contributed by atoms with Gasteiger partial charge in [-0.3, -0.25) is 9.59 Å². The summed E-state index contributed by atoms with van der Waals surface area (Å²) in [6, 6.07) is 1.43. The standard InChI is InChI=1S/C12H18N2O5S2/c1-7(12(16)17)8(2)13-11(15)9(3)14-21(18,19)10-5-4-6-20-10/h4-9,14H,1-3H3,(H,13,15)(H,16,17). The maximum atomic E-state index is 12.0. The van der Waals surface area contributed by atoms with Crippen LogP contribution in [0.4, 0.5) is 0 Å². The fourth-order valence-electron chi connectivity index (χ4n) is 1.45. The van der Waals surface area contributed by atoms with E-state index >= 15 is 0 Å². The van der Waals surface area contributed by atoms with Gasteiger partial charge in [-0.2, -0.15) is 4.72 Å². The summed E-state index contributed by atoms with van der Waals surface area (Å²) in [4.78, 5) is 22.7. The van der Waals surface area contributed by atoms with Crippen molar-refractivity contribution in [3.05, 3.63) is 17.5 Å². The summed E-state index contributed by atoms with van der Waals surface area (Å²) in [5.74, 6) is -2.37. The lowest BCUT2D eigenvalue weighted by Crippen LogP contribution is -2.49. The third-order valence-electron chi connectivity index (χ3n) is 2.99. The molecule has 118 valence electrons. The van der Waals surface area contributed by atoms with Crippen molar-refractivity contribution >= 4 is 33.2 Å². The first-order valence-corrected chi connectivity index (χ1v) is 8.60. The van der Waals surface area contributed by atoms with Crippen LogP contribution in [-0.2, 0) is 19.6 Å². The van der Waals surface area contributed by atoms with Crippen molar-refractivity contribution in [3.63, 3.8) is 0 Å². The first-order chi connectivity index (χ1) is 9.65. The molecule has 0 aliphatic carbocycles. The molecule has 0 aromatic carbocycles. The molecule has 0 aliphatic rings. The smallest absolute Gasteiger partial charge is 0.308 e. The zero-order chi connectivity index (χ0) is 16.2. The molecule has 0 saturated carbocycles. The first-order valence-electron chi connectivity index (χ1n) is 6.24. The highest BCUT2D eigenvalue weighted by molar-refractivity contribution is 7.91. The predicted octanol–water partition coefficient (Wildman–Crippen LogP) is 0.640. The monoisotopic (exact) mass is 334 g/mol. The minimum absolute atomic E-state index is 0.120. The number of carbonyl (C=O) groups is 2. The molecular formula is C12H18N2O5S2. The molecule has 9 heteroatoms. The first kappa shape index (κ1) is 17.6. The number of amides is 1. The average molecular weight is 334 g/mol. The maximum Gasteiger partial charge on any atom is 0.308 e. The Hall–Kier alpha value is -1.45. The number of carbonyl (C=O) groups excluding carboxylic acids is 1. The lowest BCUT2D eigenvalue weighted by atomic mass is 10.0. The van der Waals surface area contributed by atoms with Gasteiger partial charge in [-0.15, -0.1) is 11.3 Å². The van der Waals surface area contributed by atoms with E-state index in [0.717, 1.165) is 11.3 Å². The van der Waals surface area contributed by atoms with E-state index in [4.69, 9.17) is 5.11 Å². The number of hydrogen-bond acceptors (Lipinski definition) is 5. The second-order valence-electron chi connectivity index (χ2n) is 4.70. The molecule has 0 aliphatic heterocycles. The van der Waals surface area contributed by atoms with E-state index < -0.39 is 39.9 Å². The summed E-state index contributed by atoms with van der Waals surface area (Å²) < 4.78 is 26.3. The van der Waals surface area contributed by atoms with Gasteiger partial charge >= 0.3 is 5.97 Å². The van der Waals surface area contributed by atoms with Gasteiger partial charge in [0.25, 0.3) is 10.0 Å². The molecule has 7 nitrogen and oxygen atoms in total. The molecule has 21 heavy (non-hydrogen) atoms. The highest BCUT2D eigenvalue weighted by Gasteiger charge is 2.26. The summed E-state index contributed by atoms with van der Waals surface area (Å²) in [6.07, 6.45) is 0. The number of aliphatic carboxylic acids is 1. The number of sulfonamides is 1. The summed E-state index contributed by atoms with van der Waals surface area (Å²) in [5, 5.41) is 13.0. The topological polar surface area (TPSA) is 113 Å². The second-order valence-corrected chi connectivity index (χ2v) is 7.59. The fourth-order valence-corrected chi connectivity index (χ4v) is 3.66. The number of rotatable bonds is 7. The third-order valence-corrected chi connectivity index (χ3v) is 5.93. The predicted molar refractivity (Wildman–Crippen MR) is 78.5 cm³/mol. The number of thiophene rings is 1. The fraction of sp³-hybridized carbons (Fsp3) is 0.500. The molecule has 1 aromatic heterocycles. The Balaban J connectivity index is 2.66. The Kier molecular flexibility index (Phi) is 5.87. The van der Waals surface area contributed by atoms with Crippen molar-refractivity contribution < 1.29 is 23.1 Å². The SMILES string of the molecule is CC(NS(=O)(=O)c1cccs1)C(=O)NC(C)C(C)C(=O)O. The summed E-state index contributed by atoms with van der Waals surface area (Å²) in [5.41, 5.74) is 0. The van der Waals surface area contributed by atoms with Crippen molar-refractivity contribution in [1.82, 2.24) is 10.0 Å². The van der Waals surface area contributed by atoms with Gasteiger partial charge in [0.1, 0.15) is 4.21 Å². The number of carboxylic acids is 1. The minimum Gasteiger partial charge on any atom is -0.481 e. The van der Waals surface area contributed by atoms with Crippen LogP contribution < -0.4 is 10.0 Å². The zero-order valence-electron chi connectivity index (χ0n) is 11.9. The van der Waals surface area contributed by atoms with E-state index in [-0.39, 0.29) is 4.21 Å². The molecule has 1 rings (SSSR count). The Morgan fingerprint density at radius 2 is 1.90 bits per heavy atom. The highest BCUT2D eigenvalue weighted by atomic mass is 32.2. The lowest BCUT2D eigenvalue weighted by Gasteiger charge is -2.20. The molecular weight excluding hydrogens is 316 g/mol. The molecule has 1 aromatic rings. The lowest BCUT2D eigenvalue weighted by molar-refractivity contribution is -0.142. The number of nitrogens with one attached hydrogen (secondary N) is 2. The van der Waals surface area contributed by atoms with Crippen LogP contribution in [0.15, 0.2) is 21.7 Å². The average Bonchev–Trinajstić information content (AvgIpc) is 2.91. The van der Waals surface area contributed by atoms with E-state index in [1.165, 1.54) is 19.9 Å². The zero-order valence-corrected chi connectivity index (χ0v) is 13.5. The van der Waals surface area contributed by atoms with Crippen LogP contribution >= 0.6 is 11.3 Å². The molecule has 0 radical (unpaired) electrons. The van der Waals surface area contributed by atoms with Gasteiger partial charge in [0.05, 0.1) is 12.0 Å². The Labute approximate surface area is 127 Å². The van der Waals surface area contributed by atoms with E-state index in [1.54, 1.807) is 18.4 Å². The van der Waals surface area contributed by atoms with Crippen LogP contribution in [0.1, 0.15) is 20.8 Å². The van der Waals surface area contributed by atoms with Crippen molar-refractivity contribution in [2.45, 2.75) is 37.1 Å². The van der Waals surface area contributed by atoms with E-state index in [9.17, 15) is 18.0 Å². The molecule has 0 spiro atoms. The van der Waals surface area contributed by atoms with Gasteiger partial charge in [0.15, 0.2) is 0 Å². The van der Waals surface area contributed by atoms with Crippen LogP contribution in [0.3, 0.4) is 0 Å². The molecule has 3 unspecified atom stereocenters. The normalized spacial score (nSPS) is 16.0.